The zero-order valence-electron chi connectivity index (χ0n) is 18.3. The molecule has 33 heavy (non-hydrogen) atoms. The summed E-state index contributed by atoms with van der Waals surface area (Å²) in [5, 5.41) is 7.84. The molecule has 7 heteroatoms. The first-order valence-electron chi connectivity index (χ1n) is 10.4. The Morgan fingerprint density at radius 1 is 1.03 bits per heavy atom. The van der Waals surface area contributed by atoms with E-state index in [4.69, 9.17) is 16.3 Å². The molecule has 0 radical (unpaired) electrons. The van der Waals surface area contributed by atoms with Crippen LogP contribution in [0.5, 0.6) is 5.75 Å². The quantitative estimate of drug-likeness (QED) is 0.356. The average molecular weight is 464 g/mol. The molecule has 0 bridgehead atoms. The minimum Gasteiger partial charge on any atom is -0.489 e. The molecule has 0 spiro atoms. The predicted octanol–water partition coefficient (Wildman–Crippen LogP) is 6.17. The maximum absolute atomic E-state index is 13.0. The molecule has 4 rings (SSSR count). The maximum Gasteiger partial charge on any atom is 0.255 e. The van der Waals surface area contributed by atoms with E-state index in [1.165, 1.54) is 12.1 Å². The fraction of sp³-hybridized carbons (Fsp3) is 0.154. The summed E-state index contributed by atoms with van der Waals surface area (Å²) in [7, 11) is 0. The van der Waals surface area contributed by atoms with Crippen molar-refractivity contribution in [2.75, 3.05) is 5.32 Å². The van der Waals surface area contributed by atoms with E-state index in [-0.39, 0.29) is 11.7 Å². The highest BCUT2D eigenvalue weighted by Crippen LogP contribution is 2.26. The van der Waals surface area contributed by atoms with E-state index < -0.39 is 0 Å². The van der Waals surface area contributed by atoms with Crippen LogP contribution in [-0.2, 0) is 13.2 Å². The standard InChI is InChI=1S/C26H23ClFN3O2/c1-17-11-24(12-18(2)25(17)27)33-16-20-3-7-21(8-4-20)26(32)30-23-13-29-31(15-23)14-19-5-9-22(28)10-6-19/h3-13,15H,14,16H2,1-2H3,(H,30,32). The topological polar surface area (TPSA) is 56.1 Å². The number of anilines is 1. The second kappa shape index (κ2) is 9.88. The van der Waals surface area contributed by atoms with Crippen molar-refractivity contribution in [3.63, 3.8) is 0 Å². The number of halogens is 2. The molecule has 4 aromatic rings. The Labute approximate surface area is 196 Å². The van der Waals surface area contributed by atoms with E-state index in [0.717, 1.165) is 33.0 Å². The first kappa shape index (κ1) is 22.6. The summed E-state index contributed by atoms with van der Waals surface area (Å²) in [5.41, 5.74) is 4.92. The minimum atomic E-state index is -0.278. The van der Waals surface area contributed by atoms with Crippen LogP contribution in [0.1, 0.15) is 32.6 Å². The van der Waals surface area contributed by atoms with Gasteiger partial charge in [-0.3, -0.25) is 9.48 Å². The SMILES string of the molecule is Cc1cc(OCc2ccc(C(=O)Nc3cnn(Cc4ccc(F)cc4)c3)cc2)cc(C)c1Cl. The molecule has 0 saturated heterocycles. The van der Waals surface area contributed by atoms with Crippen LogP contribution < -0.4 is 10.1 Å². The highest BCUT2D eigenvalue weighted by Gasteiger charge is 2.09. The van der Waals surface area contributed by atoms with Gasteiger partial charge in [0.05, 0.1) is 18.4 Å². The Morgan fingerprint density at radius 3 is 2.33 bits per heavy atom. The van der Waals surface area contributed by atoms with Crippen LogP contribution in [-0.4, -0.2) is 15.7 Å². The summed E-state index contributed by atoms with van der Waals surface area (Å²) < 4.78 is 20.6. The lowest BCUT2D eigenvalue weighted by molar-refractivity contribution is 0.102. The molecular weight excluding hydrogens is 441 g/mol. The summed E-state index contributed by atoms with van der Waals surface area (Å²) in [6, 6.07) is 17.3. The smallest absolute Gasteiger partial charge is 0.255 e. The van der Waals surface area contributed by atoms with Crippen molar-refractivity contribution in [2.24, 2.45) is 0 Å². The van der Waals surface area contributed by atoms with Gasteiger partial charge in [-0.25, -0.2) is 4.39 Å². The van der Waals surface area contributed by atoms with E-state index >= 15 is 0 Å². The summed E-state index contributed by atoms with van der Waals surface area (Å²) in [6.07, 6.45) is 3.32. The summed E-state index contributed by atoms with van der Waals surface area (Å²) in [5.74, 6) is 0.251. The number of hydrogen-bond donors (Lipinski definition) is 1. The van der Waals surface area contributed by atoms with Gasteiger partial charge in [0.15, 0.2) is 0 Å². The molecule has 1 N–H and O–H groups in total. The molecule has 3 aromatic carbocycles. The van der Waals surface area contributed by atoms with Gasteiger partial charge in [0.2, 0.25) is 0 Å². The molecule has 0 saturated carbocycles. The summed E-state index contributed by atoms with van der Waals surface area (Å²) in [6.45, 7) is 4.76. The Morgan fingerprint density at radius 2 is 1.67 bits per heavy atom. The highest BCUT2D eigenvalue weighted by atomic mass is 35.5. The second-order valence-corrected chi connectivity index (χ2v) is 8.24. The van der Waals surface area contributed by atoms with Crippen LogP contribution >= 0.6 is 11.6 Å². The summed E-state index contributed by atoms with van der Waals surface area (Å²) in [4.78, 5) is 12.6. The number of aryl methyl sites for hydroxylation is 2. The Kier molecular flexibility index (Phi) is 6.75. The van der Waals surface area contributed by atoms with Gasteiger partial charge in [-0.05, 0) is 72.5 Å². The summed E-state index contributed by atoms with van der Waals surface area (Å²) >= 11 is 6.20. The molecule has 0 atom stereocenters. The molecular formula is C26H23ClFN3O2. The zero-order valence-corrected chi connectivity index (χ0v) is 19.1. The molecule has 0 aliphatic heterocycles. The van der Waals surface area contributed by atoms with Crippen molar-refractivity contribution in [3.8, 4) is 5.75 Å². The second-order valence-electron chi connectivity index (χ2n) is 7.86. The van der Waals surface area contributed by atoms with Crippen LogP contribution in [0.2, 0.25) is 5.02 Å². The largest absolute Gasteiger partial charge is 0.489 e. The number of amides is 1. The first-order valence-corrected chi connectivity index (χ1v) is 10.8. The molecule has 168 valence electrons. The molecule has 0 fully saturated rings. The van der Waals surface area contributed by atoms with Gasteiger partial charge >= 0.3 is 0 Å². The van der Waals surface area contributed by atoms with Gasteiger partial charge in [-0.1, -0.05) is 35.9 Å². The lowest BCUT2D eigenvalue weighted by Crippen LogP contribution is -2.11. The third-order valence-electron chi connectivity index (χ3n) is 5.18. The van der Waals surface area contributed by atoms with Crippen LogP contribution in [0.4, 0.5) is 10.1 Å². The molecule has 0 aliphatic carbocycles. The van der Waals surface area contributed by atoms with E-state index in [9.17, 15) is 9.18 Å². The predicted molar refractivity (Wildman–Crippen MR) is 127 cm³/mol. The van der Waals surface area contributed by atoms with Gasteiger partial charge in [-0.2, -0.15) is 5.10 Å². The normalized spacial score (nSPS) is 10.8. The Hall–Kier alpha value is -3.64. The van der Waals surface area contributed by atoms with E-state index in [1.54, 1.807) is 41.3 Å². The molecule has 1 amide bonds. The minimum absolute atomic E-state index is 0.229. The molecule has 1 heterocycles. The fourth-order valence-electron chi connectivity index (χ4n) is 3.40. The van der Waals surface area contributed by atoms with Crippen molar-refractivity contribution in [1.82, 2.24) is 9.78 Å². The number of hydrogen-bond acceptors (Lipinski definition) is 3. The van der Waals surface area contributed by atoms with Crippen molar-refractivity contribution >= 4 is 23.2 Å². The van der Waals surface area contributed by atoms with Gasteiger partial charge in [0.1, 0.15) is 18.2 Å². The van der Waals surface area contributed by atoms with Gasteiger partial charge in [0.25, 0.3) is 5.91 Å². The van der Waals surface area contributed by atoms with E-state index in [0.29, 0.717) is 24.4 Å². The number of carbonyl (C=O) groups excluding carboxylic acids is 1. The monoisotopic (exact) mass is 463 g/mol. The lowest BCUT2D eigenvalue weighted by Gasteiger charge is -2.10. The lowest BCUT2D eigenvalue weighted by atomic mass is 10.1. The van der Waals surface area contributed by atoms with Crippen LogP contribution in [0.3, 0.4) is 0 Å². The number of ether oxygens (including phenoxy) is 1. The van der Waals surface area contributed by atoms with Crippen LogP contribution in [0, 0.1) is 19.7 Å². The molecule has 1 aromatic heterocycles. The number of aromatic nitrogens is 2. The maximum atomic E-state index is 13.0. The third-order valence-corrected chi connectivity index (χ3v) is 5.78. The highest BCUT2D eigenvalue weighted by molar-refractivity contribution is 6.32. The molecule has 5 nitrogen and oxygen atoms in total. The van der Waals surface area contributed by atoms with E-state index in [2.05, 4.69) is 10.4 Å². The fourth-order valence-corrected chi connectivity index (χ4v) is 3.51. The van der Waals surface area contributed by atoms with E-state index in [1.807, 2.05) is 38.1 Å². The van der Waals surface area contributed by atoms with Gasteiger partial charge in [-0.15, -0.1) is 0 Å². The van der Waals surface area contributed by atoms with Crippen molar-refractivity contribution in [3.05, 3.63) is 112 Å². The number of nitrogens with zero attached hydrogens (tertiary/aromatic N) is 2. The number of carbonyl (C=O) groups is 1. The molecule has 0 aliphatic rings. The zero-order chi connectivity index (χ0) is 23.4. The van der Waals surface area contributed by atoms with Crippen LogP contribution in [0.25, 0.3) is 0 Å². The average Bonchev–Trinajstić information content (AvgIpc) is 3.24. The van der Waals surface area contributed by atoms with Crippen molar-refractivity contribution < 1.29 is 13.9 Å². The van der Waals surface area contributed by atoms with Gasteiger partial charge in [0, 0.05) is 16.8 Å². The number of benzene rings is 3. The Bertz CT molecular complexity index is 1240. The number of nitrogens with one attached hydrogen (secondary N) is 1. The van der Waals surface area contributed by atoms with Crippen molar-refractivity contribution in [1.29, 1.82) is 0 Å². The van der Waals surface area contributed by atoms with Crippen LogP contribution in [0.15, 0.2) is 73.1 Å². The molecule has 0 unspecified atom stereocenters. The Balaban J connectivity index is 1.33. The first-order chi connectivity index (χ1) is 15.9. The number of rotatable bonds is 7. The third kappa shape index (κ3) is 5.79. The van der Waals surface area contributed by atoms with Crippen molar-refractivity contribution in [2.45, 2.75) is 27.0 Å². The van der Waals surface area contributed by atoms with Gasteiger partial charge < -0.3 is 10.1 Å².